The molecule has 4 fully saturated rings. The minimum Gasteiger partial charge on any atom is -0.504 e. The fourth-order valence-electron chi connectivity index (χ4n) is 13.0. The van der Waals surface area contributed by atoms with E-state index < -0.39 is 17.5 Å². The van der Waals surface area contributed by atoms with Gasteiger partial charge in [0.25, 0.3) is 0 Å². The number of carboxylic acids is 1. The number of phenols is 1. The lowest BCUT2D eigenvalue weighted by Crippen LogP contribution is -2.67. The Bertz CT molecular complexity index is 2100. The molecular weight excluding hydrogens is 709 g/mol. The first kappa shape index (κ1) is 40.4. The van der Waals surface area contributed by atoms with Crippen LogP contribution in [0, 0.1) is 50.2 Å². The fraction of sp³-hybridized carbons (Fsp3) is 0.617. The van der Waals surface area contributed by atoms with Crippen LogP contribution >= 0.6 is 0 Å². The lowest BCUT2D eigenvalue weighted by molar-refractivity contribution is -0.218. The topological polar surface area (TPSA) is 147 Å². The van der Waals surface area contributed by atoms with Gasteiger partial charge in [-0.2, -0.15) is 0 Å². The summed E-state index contributed by atoms with van der Waals surface area (Å²) < 4.78 is 15.7. The number of methoxy groups -OCH3 is 2. The van der Waals surface area contributed by atoms with Gasteiger partial charge in [0, 0.05) is 0 Å². The number of aromatic hydroxyl groups is 1. The number of aliphatic hydroxyl groups is 2. The van der Waals surface area contributed by atoms with Gasteiger partial charge in [0.05, 0.1) is 37.4 Å². The number of fused-ring (bicyclic) bond motifs is 8. The van der Waals surface area contributed by atoms with E-state index in [1.807, 2.05) is 0 Å². The zero-order valence-corrected chi connectivity index (χ0v) is 34.7. The lowest BCUT2D eigenvalue weighted by Gasteiger charge is -2.71. The van der Waals surface area contributed by atoms with Crippen molar-refractivity contribution in [3.63, 3.8) is 0 Å². The molecule has 3 aromatic rings. The van der Waals surface area contributed by atoms with E-state index in [-0.39, 0.29) is 61.6 Å². The highest BCUT2D eigenvalue weighted by molar-refractivity contribution is 5.88. The van der Waals surface area contributed by atoms with Gasteiger partial charge < -0.3 is 34.3 Å². The summed E-state index contributed by atoms with van der Waals surface area (Å²) in [4.78, 5) is 25.4. The molecule has 4 saturated carbocycles. The van der Waals surface area contributed by atoms with E-state index in [1.54, 1.807) is 31.4 Å². The predicted molar refractivity (Wildman–Crippen MR) is 217 cm³/mol. The van der Waals surface area contributed by atoms with Gasteiger partial charge in [-0.05, 0) is 132 Å². The number of aliphatic carboxylic acids is 1. The second-order valence-electron chi connectivity index (χ2n) is 19.9. The molecular formula is C47H62O9. The van der Waals surface area contributed by atoms with Crippen LogP contribution in [0.3, 0.4) is 0 Å². The minimum absolute atomic E-state index is 0.0218. The summed E-state index contributed by atoms with van der Waals surface area (Å²) in [6.07, 6.45) is 10.7. The predicted octanol–water partition coefficient (Wildman–Crippen LogP) is 9.39. The van der Waals surface area contributed by atoms with E-state index in [4.69, 9.17) is 13.9 Å². The van der Waals surface area contributed by atoms with Gasteiger partial charge >= 0.3 is 5.97 Å². The van der Waals surface area contributed by atoms with Crippen molar-refractivity contribution >= 4 is 16.9 Å². The number of rotatable bonds is 4. The normalized spacial score (nSPS) is 36.6. The summed E-state index contributed by atoms with van der Waals surface area (Å²) in [5.74, 6) is 0.873. The highest BCUT2D eigenvalue weighted by atomic mass is 16.5. The summed E-state index contributed by atoms with van der Waals surface area (Å²) >= 11 is 0. The van der Waals surface area contributed by atoms with Crippen LogP contribution in [0.25, 0.3) is 22.1 Å². The Hall–Kier alpha value is -3.82. The van der Waals surface area contributed by atoms with E-state index in [0.717, 1.165) is 50.5 Å². The second kappa shape index (κ2) is 13.6. The molecule has 9 unspecified atom stereocenters. The van der Waals surface area contributed by atoms with Crippen LogP contribution < -0.4 is 14.9 Å². The SMILES string of the molecule is CC1(C)CCC2(C(=O)O)C(O)CC3(C)C(=CCC4C5(C)CCC(O)C(C)(C)C5CCC43C)C2C1.COc1ccc(-c2coc3c(OC)c(O)ccc3c2=O)cc1. The Kier molecular flexibility index (Phi) is 9.84. The summed E-state index contributed by atoms with van der Waals surface area (Å²) in [7, 11) is 2.99. The Morgan fingerprint density at radius 3 is 2.16 bits per heavy atom. The van der Waals surface area contributed by atoms with Crippen molar-refractivity contribution in [1.29, 1.82) is 0 Å². The Morgan fingerprint density at radius 2 is 1.52 bits per heavy atom. The quantitative estimate of drug-likeness (QED) is 0.191. The van der Waals surface area contributed by atoms with Gasteiger partial charge in [0.1, 0.15) is 17.4 Å². The maximum Gasteiger partial charge on any atom is 0.312 e. The smallest absolute Gasteiger partial charge is 0.312 e. The van der Waals surface area contributed by atoms with Crippen molar-refractivity contribution in [3.05, 3.63) is 64.5 Å². The molecule has 0 radical (unpaired) electrons. The van der Waals surface area contributed by atoms with Gasteiger partial charge in [-0.1, -0.05) is 72.2 Å². The molecule has 304 valence electrons. The minimum atomic E-state index is -1.04. The number of carbonyl (C=O) groups is 1. The molecule has 9 heteroatoms. The maximum absolute atomic E-state index is 12.8. The Morgan fingerprint density at radius 1 is 0.821 bits per heavy atom. The first-order valence-corrected chi connectivity index (χ1v) is 20.5. The molecule has 1 heterocycles. The first-order valence-electron chi connectivity index (χ1n) is 20.5. The fourth-order valence-corrected chi connectivity index (χ4v) is 13.0. The number of ether oxygens (including phenoxy) is 2. The van der Waals surface area contributed by atoms with Crippen LogP contribution in [0.2, 0.25) is 0 Å². The summed E-state index contributed by atoms with van der Waals surface area (Å²) in [5.41, 5.74) is 1.49. The van der Waals surface area contributed by atoms with Crippen molar-refractivity contribution in [2.24, 2.45) is 50.2 Å². The number of hydrogen-bond acceptors (Lipinski definition) is 8. The maximum atomic E-state index is 12.8. The molecule has 5 aliphatic rings. The average Bonchev–Trinajstić information content (AvgIpc) is 3.14. The number of benzene rings is 2. The third-order valence-corrected chi connectivity index (χ3v) is 16.5. The van der Waals surface area contributed by atoms with Crippen LogP contribution in [-0.4, -0.2) is 52.8 Å². The number of carboxylic acid groups (broad SMARTS) is 1. The molecule has 56 heavy (non-hydrogen) atoms. The van der Waals surface area contributed by atoms with Crippen molar-refractivity contribution in [2.45, 2.75) is 118 Å². The molecule has 5 aliphatic carbocycles. The molecule has 1 aromatic heterocycles. The van der Waals surface area contributed by atoms with Crippen molar-refractivity contribution in [2.75, 3.05) is 14.2 Å². The van der Waals surface area contributed by atoms with Gasteiger partial charge in [-0.15, -0.1) is 0 Å². The van der Waals surface area contributed by atoms with E-state index in [0.29, 0.717) is 41.4 Å². The largest absolute Gasteiger partial charge is 0.504 e. The molecule has 0 aliphatic heterocycles. The summed E-state index contributed by atoms with van der Waals surface area (Å²) in [6.45, 7) is 16.4. The summed E-state index contributed by atoms with van der Waals surface area (Å²) in [6, 6.07) is 10.1. The molecule has 0 spiro atoms. The van der Waals surface area contributed by atoms with Gasteiger partial charge in [0.15, 0.2) is 11.3 Å². The molecule has 4 N–H and O–H groups in total. The Labute approximate surface area is 331 Å². The molecule has 8 rings (SSSR count). The standard InChI is InChI=1S/C30H48O4.C17H14O5/c1-25(2)14-15-30(24(33)34)19(16-25)18-8-9-21-27(5)12-11-22(31)26(3,4)20(27)10-13-28(21,6)29(18,7)17-23(30)32;1-20-11-5-3-10(4-6-11)13-9-22-16-12(15(13)19)7-8-14(18)17(16)21-2/h8,19-23,31-32H,9-17H2,1-7H3,(H,33,34);3-9,18H,1-2H3. The van der Waals surface area contributed by atoms with Crippen molar-refractivity contribution in [1.82, 2.24) is 0 Å². The zero-order chi connectivity index (χ0) is 40.8. The average molecular weight is 771 g/mol. The van der Waals surface area contributed by atoms with Crippen LogP contribution in [-0.2, 0) is 4.79 Å². The van der Waals surface area contributed by atoms with Gasteiger partial charge in [0.2, 0.25) is 11.2 Å². The third-order valence-electron chi connectivity index (χ3n) is 16.5. The highest BCUT2D eigenvalue weighted by Crippen LogP contribution is 2.75. The monoisotopic (exact) mass is 770 g/mol. The summed E-state index contributed by atoms with van der Waals surface area (Å²) in [5, 5.41) is 43.2. The van der Waals surface area contributed by atoms with E-state index in [1.165, 1.54) is 31.1 Å². The molecule has 2 aromatic carbocycles. The van der Waals surface area contributed by atoms with Crippen LogP contribution in [0.4, 0.5) is 0 Å². The third kappa shape index (κ3) is 5.76. The zero-order valence-electron chi connectivity index (χ0n) is 34.7. The van der Waals surface area contributed by atoms with Gasteiger partial charge in [-0.25, -0.2) is 0 Å². The lowest BCUT2D eigenvalue weighted by atomic mass is 9.33. The van der Waals surface area contributed by atoms with Crippen molar-refractivity contribution in [3.8, 4) is 28.4 Å². The van der Waals surface area contributed by atoms with Crippen LogP contribution in [0.5, 0.6) is 17.2 Å². The molecule has 9 nitrogen and oxygen atoms in total. The van der Waals surface area contributed by atoms with Gasteiger partial charge in [-0.3, -0.25) is 9.59 Å². The molecule has 0 saturated heterocycles. The van der Waals surface area contributed by atoms with Crippen LogP contribution in [0.15, 0.2) is 63.5 Å². The van der Waals surface area contributed by atoms with E-state index in [2.05, 4.69) is 54.5 Å². The number of hydrogen-bond donors (Lipinski definition) is 4. The number of allylic oxidation sites excluding steroid dienone is 2. The van der Waals surface area contributed by atoms with Crippen molar-refractivity contribution < 1.29 is 39.1 Å². The second-order valence-corrected chi connectivity index (χ2v) is 19.9. The molecule has 0 bridgehead atoms. The number of phenolic OH excluding ortho intramolecular Hbond substituents is 1. The van der Waals surface area contributed by atoms with E-state index >= 15 is 0 Å². The van der Waals surface area contributed by atoms with Crippen LogP contribution in [0.1, 0.15) is 106 Å². The Balaban J connectivity index is 0.000000189. The first-order chi connectivity index (χ1) is 26.2. The van der Waals surface area contributed by atoms with E-state index in [9.17, 15) is 30.0 Å². The number of aliphatic hydroxyl groups excluding tert-OH is 2. The molecule has 0 amide bonds. The molecule has 9 atom stereocenters. The highest BCUT2D eigenvalue weighted by Gasteiger charge is 2.71.